The fourth-order valence-corrected chi connectivity index (χ4v) is 10.1. The number of benzene rings is 9. The lowest BCUT2D eigenvalue weighted by Gasteiger charge is -2.22. The highest BCUT2D eigenvalue weighted by molar-refractivity contribution is 6.12. The molecule has 12 rings (SSSR count). The first-order valence-corrected chi connectivity index (χ1v) is 21.3. The molecule has 0 N–H and O–H groups in total. The normalized spacial score (nSPS) is 13.3. The molecule has 0 unspecified atom stereocenters. The molecule has 0 spiro atoms. The maximum Gasteiger partial charge on any atom is 0.0541 e. The molecule has 11 aromatic rings. The van der Waals surface area contributed by atoms with Crippen LogP contribution in [-0.2, 0) is 5.41 Å². The third-order valence-corrected chi connectivity index (χ3v) is 13.1. The van der Waals surface area contributed by atoms with Crippen LogP contribution in [0.15, 0.2) is 212 Å². The van der Waals surface area contributed by atoms with Crippen molar-refractivity contribution in [2.45, 2.75) is 19.3 Å². The van der Waals surface area contributed by atoms with E-state index in [0.29, 0.717) is 0 Å². The van der Waals surface area contributed by atoms with Crippen LogP contribution in [0.4, 0.5) is 0 Å². The number of nitrogens with zero attached hydrogens (tertiary/aromatic N) is 2. The van der Waals surface area contributed by atoms with E-state index in [1.165, 1.54) is 111 Å². The van der Waals surface area contributed by atoms with Crippen LogP contribution in [0.2, 0.25) is 0 Å². The molecule has 0 amide bonds. The highest BCUT2D eigenvalue weighted by Crippen LogP contribution is 2.50. The number of aromatic nitrogens is 2. The quantitative estimate of drug-likeness (QED) is 0.149. The van der Waals surface area contributed by atoms with Crippen LogP contribution in [0.3, 0.4) is 0 Å². The Morgan fingerprint density at radius 2 is 0.852 bits per heavy atom. The van der Waals surface area contributed by atoms with Crippen molar-refractivity contribution in [1.29, 1.82) is 0 Å². The molecule has 9 aromatic carbocycles. The van der Waals surface area contributed by atoms with Gasteiger partial charge in [-0.15, -0.1) is 0 Å². The van der Waals surface area contributed by atoms with E-state index in [1.807, 2.05) is 0 Å². The first-order chi connectivity index (χ1) is 30.0. The molecular formula is C59H42N2. The van der Waals surface area contributed by atoms with E-state index in [2.05, 4.69) is 241 Å². The van der Waals surface area contributed by atoms with Crippen molar-refractivity contribution in [3.8, 4) is 33.6 Å². The lowest BCUT2D eigenvalue weighted by Crippen LogP contribution is -2.15. The Labute approximate surface area is 355 Å². The van der Waals surface area contributed by atoms with Crippen LogP contribution in [0, 0.1) is 0 Å². The van der Waals surface area contributed by atoms with Gasteiger partial charge in [-0.25, -0.2) is 0 Å². The van der Waals surface area contributed by atoms with Gasteiger partial charge in [-0.1, -0.05) is 159 Å². The predicted molar refractivity (Wildman–Crippen MR) is 258 cm³/mol. The number of fused-ring (bicyclic) bond motifs is 9. The predicted octanol–water partition coefficient (Wildman–Crippen LogP) is 15.4. The minimum atomic E-state index is -0.178. The molecule has 1 aliphatic rings. The van der Waals surface area contributed by atoms with Gasteiger partial charge in [0.2, 0.25) is 0 Å². The van der Waals surface area contributed by atoms with Gasteiger partial charge in [0.05, 0.1) is 22.1 Å². The van der Waals surface area contributed by atoms with E-state index in [4.69, 9.17) is 0 Å². The van der Waals surface area contributed by atoms with Gasteiger partial charge in [0.25, 0.3) is 0 Å². The SMILES string of the molecule is CC1(C)c2cc(C=C(c3ccccc3)c3ccc4c(c3)c3ccccc3n4-c3ccccc3)ccc2-c2ccc(-c3ccc4c(c3)c3ccccc3n4-c3ccccc3)cc21. The lowest BCUT2D eigenvalue weighted by atomic mass is 9.81. The summed E-state index contributed by atoms with van der Waals surface area (Å²) in [5.41, 5.74) is 19.7. The lowest BCUT2D eigenvalue weighted by molar-refractivity contribution is 0.660. The summed E-state index contributed by atoms with van der Waals surface area (Å²) in [6.45, 7) is 4.78. The van der Waals surface area contributed by atoms with Crippen LogP contribution < -0.4 is 0 Å². The summed E-state index contributed by atoms with van der Waals surface area (Å²) in [7, 11) is 0. The number of rotatable bonds is 6. The minimum Gasteiger partial charge on any atom is -0.309 e. The fraction of sp³-hybridized carbons (Fsp3) is 0.0508. The molecule has 0 bridgehead atoms. The average molecular weight is 779 g/mol. The molecular weight excluding hydrogens is 737 g/mol. The smallest absolute Gasteiger partial charge is 0.0541 e. The van der Waals surface area contributed by atoms with Gasteiger partial charge in [0, 0.05) is 38.3 Å². The zero-order chi connectivity index (χ0) is 40.7. The molecule has 0 saturated carbocycles. The van der Waals surface area contributed by atoms with Crippen LogP contribution in [-0.4, -0.2) is 9.13 Å². The standard InChI is InChI=1S/C59H42N2/c1-59(2)53-35-39(34-50(40-16-6-3-7-17-40)43-29-33-58-52(37-43)49-23-13-15-25-56(49)61(58)45-20-10-5-11-21-45)26-30-46(53)47-31-27-42(38-54(47)59)41-28-32-57-51(36-41)48-22-12-14-24-55(48)60(57)44-18-8-4-9-19-44/h3-38H,1-2H3. The van der Waals surface area contributed by atoms with E-state index in [9.17, 15) is 0 Å². The van der Waals surface area contributed by atoms with Crippen molar-refractivity contribution < 1.29 is 0 Å². The van der Waals surface area contributed by atoms with Crippen molar-refractivity contribution in [3.63, 3.8) is 0 Å². The Balaban J connectivity index is 0.946. The fourth-order valence-electron chi connectivity index (χ4n) is 10.1. The van der Waals surface area contributed by atoms with Crippen LogP contribution in [0.1, 0.15) is 41.7 Å². The third kappa shape index (κ3) is 5.56. The summed E-state index contributed by atoms with van der Waals surface area (Å²) >= 11 is 0. The molecule has 2 nitrogen and oxygen atoms in total. The summed E-state index contributed by atoms with van der Waals surface area (Å²) in [6, 6.07) is 77.9. The number of hydrogen-bond acceptors (Lipinski definition) is 0. The largest absolute Gasteiger partial charge is 0.309 e. The van der Waals surface area contributed by atoms with E-state index in [1.54, 1.807) is 0 Å². The average Bonchev–Trinajstić information content (AvgIpc) is 3.91. The molecule has 1 aliphatic carbocycles. The molecule has 0 radical (unpaired) electrons. The second kappa shape index (κ2) is 13.7. The maximum atomic E-state index is 2.44. The Hall–Kier alpha value is -7.68. The van der Waals surface area contributed by atoms with E-state index >= 15 is 0 Å². The van der Waals surface area contributed by atoms with Crippen molar-refractivity contribution in [2.75, 3.05) is 0 Å². The van der Waals surface area contributed by atoms with Gasteiger partial charge in [-0.05, 0) is 128 Å². The molecule has 61 heavy (non-hydrogen) atoms. The van der Waals surface area contributed by atoms with Gasteiger partial charge in [0.15, 0.2) is 0 Å². The van der Waals surface area contributed by atoms with E-state index in [0.717, 1.165) is 0 Å². The van der Waals surface area contributed by atoms with Gasteiger partial charge < -0.3 is 9.13 Å². The summed E-state index contributed by atoms with van der Waals surface area (Å²) in [5, 5.41) is 5.05. The second-order valence-corrected chi connectivity index (χ2v) is 17.0. The number of hydrogen-bond donors (Lipinski definition) is 0. The summed E-state index contributed by atoms with van der Waals surface area (Å²) in [6.07, 6.45) is 2.39. The summed E-state index contributed by atoms with van der Waals surface area (Å²) < 4.78 is 4.77. The Morgan fingerprint density at radius 3 is 1.49 bits per heavy atom. The summed E-state index contributed by atoms with van der Waals surface area (Å²) in [5.74, 6) is 0. The molecule has 0 fully saturated rings. The van der Waals surface area contributed by atoms with Gasteiger partial charge >= 0.3 is 0 Å². The van der Waals surface area contributed by atoms with Crippen LogP contribution in [0.25, 0.3) is 88.9 Å². The van der Waals surface area contributed by atoms with Crippen molar-refractivity contribution in [3.05, 3.63) is 240 Å². The van der Waals surface area contributed by atoms with E-state index in [-0.39, 0.29) is 5.41 Å². The molecule has 288 valence electrons. The molecule has 0 atom stereocenters. The Kier molecular flexibility index (Phi) is 7.92. The van der Waals surface area contributed by atoms with Crippen LogP contribution in [0.5, 0.6) is 0 Å². The molecule has 2 aromatic heterocycles. The highest BCUT2D eigenvalue weighted by atomic mass is 15.0. The number of para-hydroxylation sites is 4. The van der Waals surface area contributed by atoms with Gasteiger partial charge in [0.1, 0.15) is 0 Å². The van der Waals surface area contributed by atoms with Crippen LogP contribution >= 0.6 is 0 Å². The zero-order valence-corrected chi connectivity index (χ0v) is 34.2. The third-order valence-electron chi connectivity index (χ3n) is 13.1. The minimum absolute atomic E-state index is 0.178. The Bertz CT molecular complexity index is 3530. The monoisotopic (exact) mass is 778 g/mol. The topological polar surface area (TPSA) is 9.86 Å². The molecule has 0 aliphatic heterocycles. The summed E-state index contributed by atoms with van der Waals surface area (Å²) in [4.78, 5) is 0. The molecule has 2 heterocycles. The Morgan fingerprint density at radius 1 is 0.377 bits per heavy atom. The molecule has 2 heteroatoms. The van der Waals surface area contributed by atoms with Crippen molar-refractivity contribution >= 4 is 55.3 Å². The van der Waals surface area contributed by atoms with Crippen molar-refractivity contribution in [1.82, 2.24) is 9.13 Å². The van der Waals surface area contributed by atoms with E-state index < -0.39 is 0 Å². The van der Waals surface area contributed by atoms with Gasteiger partial charge in [-0.2, -0.15) is 0 Å². The van der Waals surface area contributed by atoms with Gasteiger partial charge in [-0.3, -0.25) is 0 Å². The first kappa shape index (κ1) is 35.3. The highest BCUT2D eigenvalue weighted by Gasteiger charge is 2.36. The maximum absolute atomic E-state index is 2.44. The second-order valence-electron chi connectivity index (χ2n) is 17.0. The first-order valence-electron chi connectivity index (χ1n) is 21.3. The zero-order valence-electron chi connectivity index (χ0n) is 34.2. The van der Waals surface area contributed by atoms with Crippen molar-refractivity contribution in [2.24, 2.45) is 0 Å². The molecule has 0 saturated heterocycles.